The van der Waals surface area contributed by atoms with E-state index in [1.54, 1.807) is 18.3 Å². The maximum Gasteiger partial charge on any atom is 0.252 e. The minimum absolute atomic E-state index is 0.131. The van der Waals surface area contributed by atoms with Crippen molar-refractivity contribution in [2.24, 2.45) is 0 Å². The molecule has 0 spiro atoms. The molecule has 0 unspecified atom stereocenters. The molecule has 2 aromatic rings. The highest BCUT2D eigenvalue weighted by atomic mass is 32.2. The summed E-state index contributed by atoms with van der Waals surface area (Å²) in [5.74, 6) is 0.687. The molecule has 0 radical (unpaired) electrons. The van der Waals surface area contributed by atoms with Crippen molar-refractivity contribution in [2.45, 2.75) is 18.5 Å². The van der Waals surface area contributed by atoms with Crippen molar-refractivity contribution >= 4 is 23.6 Å². The zero-order chi connectivity index (χ0) is 16.5. The lowest BCUT2D eigenvalue weighted by Gasteiger charge is -2.06. The fraction of sp³-hybridized carbons (Fsp3) is 0.357. The Morgan fingerprint density at radius 3 is 2.83 bits per heavy atom. The Morgan fingerprint density at radius 2 is 2.13 bits per heavy atom. The average molecular weight is 334 g/mol. The highest BCUT2D eigenvalue weighted by molar-refractivity contribution is 7.99. The first-order valence-electron chi connectivity index (χ1n) is 7.18. The van der Waals surface area contributed by atoms with Crippen molar-refractivity contribution in [2.75, 3.05) is 18.8 Å². The van der Waals surface area contributed by atoms with Crippen LogP contribution in [0, 0.1) is 0 Å². The summed E-state index contributed by atoms with van der Waals surface area (Å²) in [5, 5.41) is 12.8. The van der Waals surface area contributed by atoms with Gasteiger partial charge in [-0.25, -0.2) is 4.98 Å². The third kappa shape index (κ3) is 5.70. The number of aromatic nitrogens is 4. The van der Waals surface area contributed by atoms with Crippen LogP contribution in [0.25, 0.3) is 0 Å². The fourth-order valence-electron chi connectivity index (χ4n) is 1.66. The SMILES string of the molecule is CCc1nc(SCC(=O)NCCNC(=O)c2cccnc2)n[nH]1. The number of aromatic amines is 1. The molecule has 122 valence electrons. The van der Waals surface area contributed by atoms with Gasteiger partial charge < -0.3 is 10.6 Å². The second kappa shape index (κ2) is 8.89. The van der Waals surface area contributed by atoms with Gasteiger partial charge >= 0.3 is 0 Å². The van der Waals surface area contributed by atoms with Gasteiger partial charge in [-0.05, 0) is 12.1 Å². The molecule has 0 aromatic carbocycles. The molecule has 8 nitrogen and oxygen atoms in total. The Labute approximate surface area is 137 Å². The van der Waals surface area contributed by atoms with Crippen LogP contribution in [0.15, 0.2) is 29.7 Å². The second-order valence-corrected chi connectivity index (χ2v) is 5.50. The van der Waals surface area contributed by atoms with E-state index >= 15 is 0 Å². The predicted octanol–water partition coefficient (Wildman–Crippen LogP) is 0.400. The van der Waals surface area contributed by atoms with Gasteiger partial charge in [-0.2, -0.15) is 0 Å². The molecule has 0 aliphatic carbocycles. The lowest BCUT2D eigenvalue weighted by Crippen LogP contribution is -2.35. The van der Waals surface area contributed by atoms with Crippen LogP contribution in [0.4, 0.5) is 0 Å². The van der Waals surface area contributed by atoms with Gasteiger partial charge in [0, 0.05) is 31.9 Å². The molecule has 2 heterocycles. The molecule has 0 atom stereocenters. The number of carbonyl (C=O) groups is 2. The number of nitrogens with one attached hydrogen (secondary N) is 3. The molecule has 0 aliphatic heterocycles. The van der Waals surface area contributed by atoms with Crippen LogP contribution in [0.2, 0.25) is 0 Å². The lowest BCUT2D eigenvalue weighted by molar-refractivity contribution is -0.118. The number of rotatable bonds is 8. The minimum Gasteiger partial charge on any atom is -0.354 e. The summed E-state index contributed by atoms with van der Waals surface area (Å²) in [5.41, 5.74) is 0.491. The normalized spacial score (nSPS) is 10.3. The van der Waals surface area contributed by atoms with Crippen LogP contribution < -0.4 is 10.6 Å². The lowest BCUT2D eigenvalue weighted by atomic mass is 10.3. The smallest absolute Gasteiger partial charge is 0.252 e. The van der Waals surface area contributed by atoms with Crippen LogP contribution in [-0.2, 0) is 11.2 Å². The van der Waals surface area contributed by atoms with E-state index in [4.69, 9.17) is 0 Å². The molecule has 9 heteroatoms. The van der Waals surface area contributed by atoms with Gasteiger partial charge in [0.05, 0.1) is 11.3 Å². The maximum atomic E-state index is 11.7. The molecular formula is C14H18N6O2S. The summed E-state index contributed by atoms with van der Waals surface area (Å²) in [6.07, 6.45) is 3.87. The Morgan fingerprint density at radius 1 is 1.30 bits per heavy atom. The van der Waals surface area contributed by atoms with E-state index in [1.807, 2.05) is 6.92 Å². The standard InChI is InChI=1S/C14H18N6O2S/c1-2-11-18-14(20-19-11)23-9-12(21)16-6-7-17-13(22)10-4-3-5-15-8-10/h3-5,8H,2,6-7,9H2,1H3,(H,16,21)(H,17,22)(H,18,19,20). The number of carbonyl (C=O) groups excluding carboxylic acids is 2. The first-order valence-corrected chi connectivity index (χ1v) is 8.16. The molecule has 3 N–H and O–H groups in total. The monoisotopic (exact) mass is 334 g/mol. The van der Waals surface area contributed by atoms with Gasteiger partial charge in [-0.15, -0.1) is 5.10 Å². The zero-order valence-electron chi connectivity index (χ0n) is 12.7. The van der Waals surface area contributed by atoms with E-state index in [-0.39, 0.29) is 17.6 Å². The molecule has 0 bridgehead atoms. The van der Waals surface area contributed by atoms with Gasteiger partial charge in [0.1, 0.15) is 5.82 Å². The number of amides is 2. The highest BCUT2D eigenvalue weighted by Crippen LogP contribution is 2.11. The number of pyridine rings is 1. The van der Waals surface area contributed by atoms with Crippen LogP contribution in [0.3, 0.4) is 0 Å². The molecule has 2 amide bonds. The third-order valence-corrected chi connectivity index (χ3v) is 3.68. The van der Waals surface area contributed by atoms with E-state index in [0.29, 0.717) is 23.8 Å². The number of thioether (sulfide) groups is 1. The fourth-order valence-corrected chi connectivity index (χ4v) is 2.31. The molecular weight excluding hydrogens is 316 g/mol. The summed E-state index contributed by atoms with van der Waals surface area (Å²) in [6, 6.07) is 3.37. The first kappa shape index (κ1) is 16.9. The molecule has 2 rings (SSSR count). The second-order valence-electron chi connectivity index (χ2n) is 4.55. The molecule has 0 aliphatic rings. The van der Waals surface area contributed by atoms with Crippen molar-refractivity contribution in [1.82, 2.24) is 30.8 Å². The summed E-state index contributed by atoms with van der Waals surface area (Å²) < 4.78 is 0. The van der Waals surface area contributed by atoms with E-state index in [0.717, 1.165) is 12.2 Å². The van der Waals surface area contributed by atoms with E-state index in [2.05, 4.69) is 30.8 Å². The first-order chi connectivity index (χ1) is 11.2. The average Bonchev–Trinajstić information content (AvgIpc) is 3.05. The number of aryl methyl sites for hydroxylation is 1. The molecule has 23 heavy (non-hydrogen) atoms. The predicted molar refractivity (Wildman–Crippen MR) is 86.1 cm³/mol. The van der Waals surface area contributed by atoms with Gasteiger partial charge in [-0.1, -0.05) is 18.7 Å². The van der Waals surface area contributed by atoms with Gasteiger partial charge in [0.2, 0.25) is 11.1 Å². The van der Waals surface area contributed by atoms with Crippen LogP contribution in [0.5, 0.6) is 0 Å². The molecule has 0 fully saturated rings. The molecule has 0 saturated carbocycles. The van der Waals surface area contributed by atoms with E-state index in [1.165, 1.54) is 18.0 Å². The van der Waals surface area contributed by atoms with E-state index in [9.17, 15) is 9.59 Å². The van der Waals surface area contributed by atoms with Crippen LogP contribution >= 0.6 is 11.8 Å². The molecule has 2 aromatic heterocycles. The van der Waals surface area contributed by atoms with Gasteiger partial charge in [0.25, 0.3) is 5.91 Å². The summed E-state index contributed by atoms with van der Waals surface area (Å²) >= 11 is 1.26. The summed E-state index contributed by atoms with van der Waals surface area (Å²) in [7, 11) is 0. The van der Waals surface area contributed by atoms with Crippen molar-refractivity contribution in [3.8, 4) is 0 Å². The largest absolute Gasteiger partial charge is 0.354 e. The highest BCUT2D eigenvalue weighted by Gasteiger charge is 2.07. The van der Waals surface area contributed by atoms with Crippen LogP contribution in [0.1, 0.15) is 23.1 Å². The Kier molecular flexibility index (Phi) is 6.55. The Balaban J connectivity index is 1.60. The van der Waals surface area contributed by atoms with Crippen molar-refractivity contribution in [3.63, 3.8) is 0 Å². The summed E-state index contributed by atoms with van der Waals surface area (Å²) in [4.78, 5) is 31.5. The van der Waals surface area contributed by atoms with Gasteiger partial charge in [0.15, 0.2) is 0 Å². The Hall–Kier alpha value is -2.42. The number of H-pyrrole nitrogens is 1. The summed E-state index contributed by atoms with van der Waals surface area (Å²) in [6.45, 7) is 2.69. The van der Waals surface area contributed by atoms with Gasteiger partial charge in [-0.3, -0.25) is 19.7 Å². The van der Waals surface area contributed by atoms with Crippen LogP contribution in [-0.4, -0.2) is 50.8 Å². The Bertz CT molecular complexity index is 646. The topological polar surface area (TPSA) is 113 Å². The number of nitrogens with zero attached hydrogens (tertiary/aromatic N) is 3. The number of hydrogen-bond donors (Lipinski definition) is 3. The van der Waals surface area contributed by atoms with Crippen molar-refractivity contribution in [3.05, 3.63) is 35.9 Å². The quantitative estimate of drug-likeness (QED) is 0.476. The van der Waals surface area contributed by atoms with E-state index < -0.39 is 0 Å². The third-order valence-electron chi connectivity index (χ3n) is 2.83. The minimum atomic E-state index is -0.213. The van der Waals surface area contributed by atoms with Crippen molar-refractivity contribution < 1.29 is 9.59 Å². The van der Waals surface area contributed by atoms with Crippen molar-refractivity contribution in [1.29, 1.82) is 0 Å². The number of hydrogen-bond acceptors (Lipinski definition) is 6. The maximum absolute atomic E-state index is 11.7. The molecule has 0 saturated heterocycles. The zero-order valence-corrected chi connectivity index (χ0v) is 13.5.